The van der Waals surface area contributed by atoms with Gasteiger partial charge in [0.25, 0.3) is 0 Å². The van der Waals surface area contributed by atoms with E-state index >= 15 is 0 Å². The molecule has 0 fully saturated rings. The normalized spacial score (nSPS) is 17.9. The average Bonchev–Trinajstić information content (AvgIpc) is 2.19. The van der Waals surface area contributed by atoms with Gasteiger partial charge in [0.15, 0.2) is 0 Å². The van der Waals surface area contributed by atoms with Crippen molar-refractivity contribution in [1.29, 1.82) is 0 Å². The molecule has 2 heteroatoms. The molecule has 0 bridgehead atoms. The summed E-state index contributed by atoms with van der Waals surface area (Å²) in [6, 6.07) is 0. The van der Waals surface area contributed by atoms with Gasteiger partial charge in [0.1, 0.15) is 0 Å². The Hall–Kier alpha value is -0.500. The van der Waals surface area contributed by atoms with Gasteiger partial charge >= 0.3 is 0 Å². The Morgan fingerprint density at radius 3 is 3.25 bits per heavy atom. The van der Waals surface area contributed by atoms with E-state index < -0.39 is 0 Å². The van der Waals surface area contributed by atoms with E-state index in [0.29, 0.717) is 0 Å². The van der Waals surface area contributed by atoms with Crippen molar-refractivity contribution < 1.29 is 4.74 Å². The first-order valence-corrected chi connectivity index (χ1v) is 2.87. The molecule has 0 spiro atoms. The fraction of sp³-hybridized carbons (Fsp3) is 0.667. The summed E-state index contributed by atoms with van der Waals surface area (Å²) in [5.41, 5.74) is 1.37. The Bertz CT molecular complexity index is 98.7. The third kappa shape index (κ3) is 1.23. The van der Waals surface area contributed by atoms with Gasteiger partial charge in [0.05, 0.1) is 12.9 Å². The van der Waals surface area contributed by atoms with Crippen LogP contribution in [0.3, 0.4) is 0 Å². The van der Waals surface area contributed by atoms with Crippen LogP contribution in [0, 0.1) is 0 Å². The fourth-order valence-corrected chi connectivity index (χ4v) is 0.783. The maximum atomic E-state index is 5.01. The van der Waals surface area contributed by atoms with Crippen molar-refractivity contribution in [2.75, 3.05) is 20.2 Å². The van der Waals surface area contributed by atoms with Crippen LogP contribution in [0.25, 0.3) is 0 Å². The van der Waals surface area contributed by atoms with Gasteiger partial charge in [-0.2, -0.15) is 0 Å². The number of rotatable bonds is 2. The number of hydrogen-bond acceptors (Lipinski definition) is 2. The van der Waals surface area contributed by atoms with Crippen molar-refractivity contribution in [3.05, 3.63) is 11.8 Å². The van der Waals surface area contributed by atoms with E-state index in [4.69, 9.17) is 4.74 Å². The molecule has 1 N–H and O–H groups in total. The van der Waals surface area contributed by atoms with E-state index in [0.717, 1.165) is 19.6 Å². The number of likely N-dealkylation sites (N-methyl/N-ethyl adjacent to an activating group) is 1. The molecule has 0 atom stereocenters. The van der Waals surface area contributed by atoms with Crippen LogP contribution >= 0.6 is 0 Å². The number of hydrogen-bond donors (Lipinski definition) is 1. The second kappa shape index (κ2) is 2.72. The van der Waals surface area contributed by atoms with Crippen molar-refractivity contribution in [2.24, 2.45) is 0 Å². The molecule has 0 saturated heterocycles. The topological polar surface area (TPSA) is 21.3 Å². The average molecular weight is 113 g/mol. The molecule has 2 nitrogen and oxygen atoms in total. The minimum Gasteiger partial charge on any atom is -0.501 e. The van der Waals surface area contributed by atoms with Gasteiger partial charge in [-0.1, -0.05) is 0 Å². The van der Waals surface area contributed by atoms with Crippen LogP contribution in [0.2, 0.25) is 0 Å². The molecule has 0 saturated carbocycles. The lowest BCUT2D eigenvalue weighted by Crippen LogP contribution is -2.09. The zero-order valence-electron chi connectivity index (χ0n) is 5.11. The molecule has 1 aliphatic rings. The molecule has 1 rings (SSSR count). The van der Waals surface area contributed by atoms with E-state index in [1.54, 1.807) is 0 Å². The quantitative estimate of drug-likeness (QED) is 0.563. The van der Waals surface area contributed by atoms with Crippen molar-refractivity contribution in [3.63, 3.8) is 0 Å². The van der Waals surface area contributed by atoms with Gasteiger partial charge in [-0.25, -0.2) is 0 Å². The molecule has 0 radical (unpaired) electrons. The van der Waals surface area contributed by atoms with Crippen LogP contribution in [-0.4, -0.2) is 20.2 Å². The molecule has 0 aliphatic carbocycles. The molecule has 8 heavy (non-hydrogen) atoms. The standard InChI is InChI=1S/C6H11NO/c1-7-4-6-2-3-8-5-6/h5,7H,2-4H2,1H3. The second-order valence-corrected chi connectivity index (χ2v) is 1.93. The van der Waals surface area contributed by atoms with Gasteiger partial charge < -0.3 is 10.1 Å². The van der Waals surface area contributed by atoms with E-state index in [9.17, 15) is 0 Å². The van der Waals surface area contributed by atoms with E-state index in [2.05, 4.69) is 5.32 Å². The van der Waals surface area contributed by atoms with Gasteiger partial charge in [0, 0.05) is 13.0 Å². The maximum absolute atomic E-state index is 5.01. The van der Waals surface area contributed by atoms with Crippen LogP contribution in [0.4, 0.5) is 0 Å². The number of ether oxygens (including phenoxy) is 1. The van der Waals surface area contributed by atoms with Crippen molar-refractivity contribution in [3.8, 4) is 0 Å². The molecule has 0 aromatic heterocycles. The molecule has 0 amide bonds. The Morgan fingerprint density at radius 2 is 2.75 bits per heavy atom. The first kappa shape index (κ1) is 5.63. The first-order chi connectivity index (χ1) is 3.93. The molecule has 0 aromatic carbocycles. The molecule has 0 unspecified atom stereocenters. The van der Waals surface area contributed by atoms with Crippen LogP contribution in [0.1, 0.15) is 6.42 Å². The smallest absolute Gasteiger partial charge is 0.0912 e. The molecular weight excluding hydrogens is 102 g/mol. The Labute approximate surface area is 49.5 Å². The summed E-state index contributed by atoms with van der Waals surface area (Å²) in [4.78, 5) is 0. The Balaban J connectivity index is 2.23. The summed E-state index contributed by atoms with van der Waals surface area (Å²) >= 11 is 0. The van der Waals surface area contributed by atoms with Crippen LogP contribution in [0.15, 0.2) is 11.8 Å². The minimum atomic E-state index is 0.872. The predicted molar refractivity (Wildman–Crippen MR) is 32.6 cm³/mol. The lowest BCUT2D eigenvalue weighted by molar-refractivity contribution is 0.281. The zero-order valence-corrected chi connectivity index (χ0v) is 5.11. The summed E-state index contributed by atoms with van der Waals surface area (Å²) in [6.07, 6.45) is 2.94. The SMILES string of the molecule is CNCC1=COCC1. The lowest BCUT2D eigenvalue weighted by atomic mass is 10.2. The fourth-order valence-electron chi connectivity index (χ4n) is 0.783. The third-order valence-electron chi connectivity index (χ3n) is 1.19. The summed E-state index contributed by atoms with van der Waals surface area (Å²) in [5, 5.41) is 3.06. The highest BCUT2D eigenvalue weighted by molar-refractivity contribution is 5.03. The molecular formula is C6H11NO. The van der Waals surface area contributed by atoms with E-state index in [-0.39, 0.29) is 0 Å². The van der Waals surface area contributed by atoms with Crippen LogP contribution in [0.5, 0.6) is 0 Å². The molecule has 1 aliphatic heterocycles. The third-order valence-corrected chi connectivity index (χ3v) is 1.19. The largest absolute Gasteiger partial charge is 0.501 e. The van der Waals surface area contributed by atoms with Crippen LogP contribution < -0.4 is 5.32 Å². The minimum absolute atomic E-state index is 0.872. The maximum Gasteiger partial charge on any atom is 0.0912 e. The Kier molecular flexibility index (Phi) is 1.92. The van der Waals surface area contributed by atoms with Crippen molar-refractivity contribution >= 4 is 0 Å². The first-order valence-electron chi connectivity index (χ1n) is 2.87. The molecule has 46 valence electrons. The summed E-state index contributed by atoms with van der Waals surface area (Å²) in [5.74, 6) is 0. The van der Waals surface area contributed by atoms with Crippen LogP contribution in [-0.2, 0) is 4.74 Å². The highest BCUT2D eigenvalue weighted by atomic mass is 16.5. The summed E-state index contributed by atoms with van der Waals surface area (Å²) in [7, 11) is 1.94. The molecule has 0 aromatic rings. The molecule has 1 heterocycles. The monoisotopic (exact) mass is 113 g/mol. The number of nitrogens with one attached hydrogen (secondary N) is 1. The second-order valence-electron chi connectivity index (χ2n) is 1.93. The predicted octanol–water partition coefficient (Wildman–Crippen LogP) is 0.510. The highest BCUT2D eigenvalue weighted by Crippen LogP contribution is 2.07. The van der Waals surface area contributed by atoms with Crippen molar-refractivity contribution in [1.82, 2.24) is 5.32 Å². The van der Waals surface area contributed by atoms with E-state index in [1.807, 2.05) is 13.3 Å². The van der Waals surface area contributed by atoms with Gasteiger partial charge in [0.2, 0.25) is 0 Å². The Morgan fingerprint density at radius 1 is 1.88 bits per heavy atom. The van der Waals surface area contributed by atoms with Gasteiger partial charge in [-0.15, -0.1) is 0 Å². The summed E-state index contributed by atoms with van der Waals surface area (Å²) < 4.78 is 5.01. The van der Waals surface area contributed by atoms with E-state index in [1.165, 1.54) is 5.57 Å². The van der Waals surface area contributed by atoms with Crippen molar-refractivity contribution in [2.45, 2.75) is 6.42 Å². The van der Waals surface area contributed by atoms with Gasteiger partial charge in [-0.05, 0) is 12.6 Å². The summed E-state index contributed by atoms with van der Waals surface area (Å²) in [6.45, 7) is 1.84. The lowest BCUT2D eigenvalue weighted by Gasteiger charge is -1.93. The highest BCUT2D eigenvalue weighted by Gasteiger charge is 2.01. The van der Waals surface area contributed by atoms with Gasteiger partial charge in [-0.3, -0.25) is 0 Å². The zero-order chi connectivity index (χ0) is 5.82.